The summed E-state index contributed by atoms with van der Waals surface area (Å²) in [4.78, 5) is 12.8. The quantitative estimate of drug-likeness (QED) is 0.178. The van der Waals surface area contributed by atoms with Gasteiger partial charge in [0, 0.05) is 0 Å². The fraction of sp³-hybridized carbons (Fsp3) is 0.400. The van der Waals surface area contributed by atoms with Gasteiger partial charge in [-0.05, 0) is 0 Å². The molecule has 0 aliphatic carbocycles. The van der Waals surface area contributed by atoms with Gasteiger partial charge in [-0.3, -0.25) is 0 Å². The second-order valence-corrected chi connectivity index (χ2v) is 3.57. The summed E-state index contributed by atoms with van der Waals surface area (Å²) >= 11 is -0.129. The zero-order valence-corrected chi connectivity index (χ0v) is 8.65. The number of carbonyl (C=O) groups is 1. The van der Waals surface area contributed by atoms with Crippen molar-refractivity contribution in [2.24, 2.45) is 14.1 Å². The Labute approximate surface area is 80.5 Å². The molecule has 0 radical (unpaired) electrons. The van der Waals surface area contributed by atoms with E-state index in [0.717, 1.165) is 5.01 Å². The zero-order chi connectivity index (χ0) is 8.97. The number of nitrogens with zero attached hydrogens (tertiary/aromatic N) is 3. The molecule has 0 aromatic rings. The van der Waals surface area contributed by atoms with E-state index in [2.05, 4.69) is 13.7 Å². The van der Waals surface area contributed by atoms with Gasteiger partial charge in [-0.25, -0.2) is 0 Å². The van der Waals surface area contributed by atoms with Crippen molar-refractivity contribution in [3.63, 3.8) is 0 Å². The van der Waals surface area contributed by atoms with Crippen LogP contribution in [0.2, 0.25) is 0 Å². The number of hydrazone groups is 1. The van der Waals surface area contributed by atoms with Gasteiger partial charge in [-0.15, -0.1) is 0 Å². The number of amides is 2. The van der Waals surface area contributed by atoms with Crippen LogP contribution in [0.3, 0.4) is 0 Å². The minimum absolute atomic E-state index is 0.129. The van der Waals surface area contributed by atoms with Crippen LogP contribution >= 0.6 is 0 Å². The predicted molar refractivity (Wildman–Crippen MR) is 41.3 cm³/mol. The van der Waals surface area contributed by atoms with E-state index in [1.807, 2.05) is 4.93 Å². The number of urea groups is 1. The summed E-state index contributed by atoms with van der Waals surface area (Å²) < 4.78 is 4.08. The molecule has 1 aliphatic heterocycles. The van der Waals surface area contributed by atoms with Gasteiger partial charge in [0.2, 0.25) is 0 Å². The van der Waals surface area contributed by atoms with E-state index in [4.69, 9.17) is 5.84 Å². The standard InChI is InChI=1S/C5H9IN5O/c1-6-8-2-4-3-11(7)5(12)10-9-4/h2H,3,7H2,1H3,(H,10,12)/q-1. The van der Waals surface area contributed by atoms with Crippen molar-refractivity contribution in [2.75, 3.05) is 11.5 Å². The van der Waals surface area contributed by atoms with E-state index in [0.29, 0.717) is 12.3 Å². The van der Waals surface area contributed by atoms with Gasteiger partial charge in [0.25, 0.3) is 0 Å². The van der Waals surface area contributed by atoms with Gasteiger partial charge in [-0.2, -0.15) is 0 Å². The Morgan fingerprint density at radius 1 is 1.92 bits per heavy atom. The van der Waals surface area contributed by atoms with Gasteiger partial charge in [0.1, 0.15) is 0 Å². The van der Waals surface area contributed by atoms with E-state index in [1.165, 1.54) is 0 Å². The molecule has 1 rings (SSSR count). The van der Waals surface area contributed by atoms with E-state index >= 15 is 0 Å². The van der Waals surface area contributed by atoms with Gasteiger partial charge in [-0.1, -0.05) is 0 Å². The SMILES string of the molecule is C[I-]N=CC1=NNC(=O)N(N)C1. The molecule has 1 aliphatic rings. The van der Waals surface area contributed by atoms with Crippen LogP contribution in [-0.2, 0) is 0 Å². The third-order valence-corrected chi connectivity index (χ3v) is 2.02. The first-order valence-corrected chi connectivity index (χ1v) is 6.27. The van der Waals surface area contributed by atoms with Gasteiger partial charge in [0.15, 0.2) is 0 Å². The van der Waals surface area contributed by atoms with Gasteiger partial charge >= 0.3 is 80.3 Å². The molecule has 0 bridgehead atoms. The number of alkyl halides is 1. The van der Waals surface area contributed by atoms with Crippen LogP contribution in [0.15, 0.2) is 8.31 Å². The summed E-state index contributed by atoms with van der Waals surface area (Å²) in [5, 5.41) is 4.82. The Kier molecular flexibility index (Phi) is 3.41. The molecule has 0 spiro atoms. The molecule has 0 aromatic carbocycles. The average molecular weight is 282 g/mol. The molecule has 7 heteroatoms. The zero-order valence-electron chi connectivity index (χ0n) is 6.49. The van der Waals surface area contributed by atoms with Crippen molar-refractivity contribution in [3.8, 4) is 0 Å². The summed E-state index contributed by atoms with van der Waals surface area (Å²) in [6, 6.07) is -0.390. The molecule has 0 fully saturated rings. The molecule has 1 heterocycles. The van der Waals surface area contributed by atoms with Crippen LogP contribution in [0.4, 0.5) is 4.79 Å². The van der Waals surface area contributed by atoms with Crippen LogP contribution in [0, 0.1) is 0 Å². The summed E-state index contributed by atoms with van der Waals surface area (Å²) in [7, 11) is 0. The second-order valence-electron chi connectivity index (χ2n) is 2.04. The molecule has 6 nitrogen and oxygen atoms in total. The second kappa shape index (κ2) is 4.36. The molecule has 68 valence electrons. The van der Waals surface area contributed by atoms with Crippen LogP contribution < -0.4 is 32.7 Å². The van der Waals surface area contributed by atoms with Gasteiger partial charge in [0.05, 0.1) is 0 Å². The third kappa shape index (κ3) is 2.41. The summed E-state index contributed by atoms with van der Waals surface area (Å²) in [5.41, 5.74) is 2.94. The fourth-order valence-corrected chi connectivity index (χ4v) is 1.24. The molecule has 0 saturated carbocycles. The van der Waals surface area contributed by atoms with E-state index in [9.17, 15) is 4.79 Å². The fourth-order valence-electron chi connectivity index (χ4n) is 0.640. The molecule has 2 amide bonds. The average Bonchev–Trinajstić information content (AvgIpc) is 2.07. The van der Waals surface area contributed by atoms with Crippen molar-refractivity contribution in [1.29, 1.82) is 0 Å². The van der Waals surface area contributed by atoms with E-state index < -0.39 is 6.03 Å². The molecule has 0 atom stereocenters. The monoisotopic (exact) mass is 282 g/mol. The van der Waals surface area contributed by atoms with Crippen LogP contribution in [0.25, 0.3) is 0 Å². The molecular weight excluding hydrogens is 273 g/mol. The Bertz CT molecular complexity index is 238. The van der Waals surface area contributed by atoms with Crippen molar-refractivity contribution in [2.45, 2.75) is 0 Å². The van der Waals surface area contributed by atoms with E-state index in [1.54, 1.807) is 6.21 Å². The van der Waals surface area contributed by atoms with Crippen molar-refractivity contribution < 1.29 is 26.3 Å². The summed E-state index contributed by atoms with van der Waals surface area (Å²) in [6.45, 7) is 0.319. The van der Waals surface area contributed by atoms with Crippen molar-refractivity contribution >= 4 is 18.0 Å². The number of hydrogen-bond acceptors (Lipinski definition) is 4. The van der Waals surface area contributed by atoms with Gasteiger partial charge < -0.3 is 0 Å². The van der Waals surface area contributed by atoms with Crippen LogP contribution in [0.1, 0.15) is 0 Å². The summed E-state index contributed by atoms with van der Waals surface area (Å²) in [5.74, 6) is 5.33. The number of carbonyl (C=O) groups excluding carboxylic acids is 1. The topological polar surface area (TPSA) is 83.1 Å². The van der Waals surface area contributed by atoms with E-state index in [-0.39, 0.29) is 21.5 Å². The number of nitrogens with one attached hydrogen (secondary N) is 1. The molecule has 3 N–H and O–H groups in total. The molecule has 0 aromatic heterocycles. The number of hydrogen-bond donors (Lipinski definition) is 2. The van der Waals surface area contributed by atoms with Crippen molar-refractivity contribution in [3.05, 3.63) is 0 Å². The predicted octanol–water partition coefficient (Wildman–Crippen LogP) is -4.05. The van der Waals surface area contributed by atoms with Crippen LogP contribution in [0.5, 0.6) is 0 Å². The number of hydrazine groups is 1. The Hall–Kier alpha value is -0.700. The maximum absolute atomic E-state index is 10.8. The Balaban J connectivity index is 2.58. The molecule has 12 heavy (non-hydrogen) atoms. The Morgan fingerprint density at radius 2 is 2.67 bits per heavy atom. The molecular formula is C5H9IN5O-. The van der Waals surface area contributed by atoms with Crippen molar-refractivity contribution in [1.82, 2.24) is 10.4 Å². The normalized spacial score (nSPS) is 18.3. The first-order valence-electron chi connectivity index (χ1n) is 3.15. The van der Waals surface area contributed by atoms with Crippen LogP contribution in [-0.4, -0.2) is 34.4 Å². The number of nitrogens with two attached hydrogens (primary N) is 1. The molecule has 0 unspecified atom stereocenters. The minimum atomic E-state index is -0.390. The first kappa shape index (κ1) is 9.39. The molecule has 0 saturated heterocycles. The third-order valence-electron chi connectivity index (χ3n) is 1.18. The maximum atomic E-state index is 10.8. The number of rotatable bonds is 2. The first-order chi connectivity index (χ1) is 5.74. The Morgan fingerprint density at radius 3 is 3.25 bits per heavy atom. The number of halogens is 1. The summed E-state index contributed by atoms with van der Waals surface area (Å²) in [6.07, 6.45) is 1.65.